The van der Waals surface area contributed by atoms with Crippen molar-refractivity contribution < 1.29 is 19.1 Å². The average molecular weight is 517 g/mol. The number of aromatic nitrogens is 2. The Kier molecular flexibility index (Phi) is 7.44. The molecule has 3 aromatic rings. The summed E-state index contributed by atoms with van der Waals surface area (Å²) in [4.78, 5) is 47.0. The van der Waals surface area contributed by atoms with Gasteiger partial charge in [-0.15, -0.1) is 0 Å². The lowest BCUT2D eigenvalue weighted by molar-refractivity contribution is -0.123. The van der Waals surface area contributed by atoms with Crippen molar-refractivity contribution in [1.29, 1.82) is 0 Å². The fraction of sp³-hybridized carbons (Fsp3) is 0.379. The number of nitrogens with one attached hydrogen (secondary N) is 2. The van der Waals surface area contributed by atoms with E-state index in [0.29, 0.717) is 62.1 Å². The fourth-order valence-electron chi connectivity index (χ4n) is 5.05. The van der Waals surface area contributed by atoms with Crippen LogP contribution in [0.3, 0.4) is 0 Å². The van der Waals surface area contributed by atoms with Gasteiger partial charge in [0.15, 0.2) is 6.61 Å². The van der Waals surface area contributed by atoms with Crippen LogP contribution in [0.15, 0.2) is 53.3 Å². The molecule has 9 nitrogen and oxygen atoms in total. The number of carbonyl (C=O) groups excluding carboxylic acids is 2. The second-order valence-corrected chi connectivity index (χ2v) is 10.1. The van der Waals surface area contributed by atoms with Gasteiger partial charge in [-0.25, -0.2) is 4.79 Å². The Labute approximate surface area is 221 Å². The van der Waals surface area contributed by atoms with Gasteiger partial charge in [0.2, 0.25) is 0 Å². The van der Waals surface area contributed by atoms with E-state index in [2.05, 4.69) is 29.1 Å². The first-order valence-corrected chi connectivity index (χ1v) is 13.0. The fourth-order valence-corrected chi connectivity index (χ4v) is 5.05. The first kappa shape index (κ1) is 25.5. The van der Waals surface area contributed by atoms with Gasteiger partial charge in [0, 0.05) is 18.8 Å². The van der Waals surface area contributed by atoms with Gasteiger partial charge in [0.05, 0.1) is 12.6 Å². The van der Waals surface area contributed by atoms with Gasteiger partial charge in [-0.2, -0.15) is 4.98 Å². The molecular weight excluding hydrogens is 484 g/mol. The molecule has 0 saturated carbocycles. The molecule has 2 amide bonds. The van der Waals surface area contributed by atoms with E-state index in [9.17, 15) is 14.4 Å². The second kappa shape index (κ2) is 11.1. The monoisotopic (exact) mass is 516 g/mol. The number of ether oxygens (including phenoxy) is 2. The zero-order valence-electron chi connectivity index (χ0n) is 21.7. The lowest BCUT2D eigenvalue weighted by atomic mass is 9.87. The molecule has 0 saturated heterocycles. The number of benzene rings is 2. The van der Waals surface area contributed by atoms with Crippen LogP contribution in [0.25, 0.3) is 0 Å². The quantitative estimate of drug-likeness (QED) is 0.553. The molecule has 1 aromatic heterocycles. The molecule has 3 aliphatic rings. The minimum atomic E-state index is -0.525. The number of fused-ring (bicyclic) bond motifs is 8. The molecular formula is C29H32N4O5. The number of H-pyrrole nitrogens is 1. The standard InChI is InChI=1S/C29H32N4O5/c1-18(2)13-21-16-25(32-29(36)31-21)28(35)33-11-9-19-14-23-7-8-24(19)27(33)20-5-3-6-22(15-20)37-12-4-10-30-26(34)17-38-23/h3,5-8,14-16,18,27H,4,9-13,17H2,1-2H3,(H,30,34)(H,31,32,36). The van der Waals surface area contributed by atoms with Crippen LogP contribution in [0.2, 0.25) is 0 Å². The summed E-state index contributed by atoms with van der Waals surface area (Å²) in [6, 6.07) is 14.7. The number of nitrogens with zero attached hydrogens (tertiary/aromatic N) is 2. The summed E-state index contributed by atoms with van der Waals surface area (Å²) >= 11 is 0. The zero-order chi connectivity index (χ0) is 26.6. The number of rotatable bonds is 3. The van der Waals surface area contributed by atoms with E-state index in [0.717, 1.165) is 16.7 Å². The molecule has 2 N–H and O–H groups in total. The molecule has 1 atom stereocenters. The van der Waals surface area contributed by atoms with Crippen LogP contribution in [0.1, 0.15) is 59.2 Å². The minimum absolute atomic E-state index is 0.0698. The molecule has 9 heteroatoms. The first-order valence-electron chi connectivity index (χ1n) is 13.0. The van der Waals surface area contributed by atoms with E-state index < -0.39 is 11.7 Å². The van der Waals surface area contributed by atoms with E-state index in [1.54, 1.807) is 11.0 Å². The van der Waals surface area contributed by atoms with Crippen molar-refractivity contribution in [2.45, 2.75) is 39.2 Å². The van der Waals surface area contributed by atoms with E-state index in [4.69, 9.17) is 9.47 Å². The highest BCUT2D eigenvalue weighted by Gasteiger charge is 2.34. The van der Waals surface area contributed by atoms with Crippen molar-refractivity contribution in [2.75, 3.05) is 26.3 Å². The van der Waals surface area contributed by atoms with Crippen molar-refractivity contribution in [3.05, 3.63) is 87.1 Å². The van der Waals surface area contributed by atoms with Gasteiger partial charge in [0.1, 0.15) is 17.2 Å². The summed E-state index contributed by atoms with van der Waals surface area (Å²) in [5.74, 6) is 1.13. The molecule has 0 spiro atoms. The van der Waals surface area contributed by atoms with E-state index >= 15 is 0 Å². The summed E-state index contributed by atoms with van der Waals surface area (Å²) in [5, 5.41) is 2.84. The SMILES string of the molecule is CC(C)Cc1cc(C(=O)N2CCc3cc4ccc3C2c2cccc(c2)OCCCNC(=O)CO4)nc(=O)[nH]1. The molecule has 0 radical (unpaired) electrons. The van der Waals surface area contributed by atoms with E-state index in [-0.39, 0.29) is 24.1 Å². The van der Waals surface area contributed by atoms with Gasteiger partial charge in [-0.3, -0.25) is 9.59 Å². The molecule has 38 heavy (non-hydrogen) atoms. The smallest absolute Gasteiger partial charge is 0.345 e. The van der Waals surface area contributed by atoms with Crippen LogP contribution in [-0.2, 0) is 17.6 Å². The van der Waals surface area contributed by atoms with Crippen LogP contribution < -0.4 is 20.5 Å². The largest absolute Gasteiger partial charge is 0.494 e. The minimum Gasteiger partial charge on any atom is -0.494 e. The molecule has 4 heterocycles. The van der Waals surface area contributed by atoms with Gasteiger partial charge in [0.25, 0.3) is 11.8 Å². The third kappa shape index (κ3) is 5.72. The van der Waals surface area contributed by atoms with Crippen molar-refractivity contribution in [1.82, 2.24) is 20.2 Å². The molecule has 6 bridgehead atoms. The Bertz CT molecular complexity index is 1400. The molecule has 0 aliphatic carbocycles. The van der Waals surface area contributed by atoms with Crippen molar-refractivity contribution >= 4 is 11.8 Å². The highest BCUT2D eigenvalue weighted by molar-refractivity contribution is 5.93. The Morgan fingerprint density at radius 2 is 1.95 bits per heavy atom. The van der Waals surface area contributed by atoms with Crippen LogP contribution >= 0.6 is 0 Å². The summed E-state index contributed by atoms with van der Waals surface area (Å²) in [5.41, 5.74) is 3.20. The van der Waals surface area contributed by atoms with Crippen LogP contribution in [0.5, 0.6) is 11.5 Å². The maximum Gasteiger partial charge on any atom is 0.345 e. The van der Waals surface area contributed by atoms with Crippen LogP contribution in [-0.4, -0.2) is 53.0 Å². The van der Waals surface area contributed by atoms with Crippen LogP contribution in [0, 0.1) is 5.92 Å². The highest BCUT2D eigenvalue weighted by atomic mass is 16.5. The van der Waals surface area contributed by atoms with Crippen molar-refractivity contribution in [3.63, 3.8) is 0 Å². The Balaban J connectivity index is 1.56. The molecule has 6 rings (SSSR count). The molecule has 3 aliphatic heterocycles. The zero-order valence-corrected chi connectivity index (χ0v) is 21.7. The average Bonchev–Trinajstić information content (AvgIpc) is 2.89. The van der Waals surface area contributed by atoms with E-state index in [1.807, 2.05) is 42.5 Å². The predicted octanol–water partition coefficient (Wildman–Crippen LogP) is 3.03. The summed E-state index contributed by atoms with van der Waals surface area (Å²) in [6.07, 6.45) is 1.89. The predicted molar refractivity (Wildman–Crippen MR) is 141 cm³/mol. The summed E-state index contributed by atoms with van der Waals surface area (Å²) < 4.78 is 11.7. The molecule has 1 unspecified atom stereocenters. The summed E-state index contributed by atoms with van der Waals surface area (Å²) in [6.45, 7) is 5.39. The van der Waals surface area contributed by atoms with Crippen LogP contribution in [0.4, 0.5) is 0 Å². The Morgan fingerprint density at radius 1 is 1.11 bits per heavy atom. The number of hydrogen-bond donors (Lipinski definition) is 2. The third-order valence-electron chi connectivity index (χ3n) is 6.71. The van der Waals surface area contributed by atoms with Gasteiger partial charge < -0.3 is 24.7 Å². The molecule has 198 valence electrons. The third-order valence-corrected chi connectivity index (χ3v) is 6.71. The van der Waals surface area contributed by atoms with E-state index in [1.165, 1.54) is 0 Å². The first-order chi connectivity index (χ1) is 18.4. The molecule has 0 fully saturated rings. The number of carbonyl (C=O) groups is 2. The highest BCUT2D eigenvalue weighted by Crippen LogP contribution is 2.38. The Hall–Kier alpha value is -4.14. The number of aromatic amines is 1. The topological polar surface area (TPSA) is 114 Å². The van der Waals surface area contributed by atoms with Crippen molar-refractivity contribution in [2.24, 2.45) is 5.92 Å². The lowest BCUT2D eigenvalue weighted by Gasteiger charge is -2.38. The number of hydrogen-bond acceptors (Lipinski definition) is 6. The van der Waals surface area contributed by atoms with Crippen molar-refractivity contribution in [3.8, 4) is 11.5 Å². The van der Waals surface area contributed by atoms with Gasteiger partial charge >= 0.3 is 5.69 Å². The normalized spacial score (nSPS) is 17.5. The van der Waals surface area contributed by atoms with Gasteiger partial charge in [-0.1, -0.05) is 32.0 Å². The maximum absolute atomic E-state index is 13.9. The Morgan fingerprint density at radius 3 is 2.79 bits per heavy atom. The van der Waals surface area contributed by atoms with Gasteiger partial charge in [-0.05, 0) is 72.2 Å². The summed E-state index contributed by atoms with van der Waals surface area (Å²) in [7, 11) is 0. The molecule has 2 aromatic carbocycles. The number of amides is 2. The maximum atomic E-state index is 13.9. The lowest BCUT2D eigenvalue weighted by Crippen LogP contribution is -2.41. The second-order valence-electron chi connectivity index (χ2n) is 10.1.